The van der Waals surface area contributed by atoms with E-state index >= 15 is 0 Å². The third-order valence-electron chi connectivity index (χ3n) is 6.49. The second-order valence-corrected chi connectivity index (χ2v) is 9.21. The third-order valence-corrected chi connectivity index (χ3v) is 6.49. The van der Waals surface area contributed by atoms with Crippen molar-refractivity contribution in [3.8, 4) is 0 Å². The van der Waals surface area contributed by atoms with E-state index in [1.54, 1.807) is 0 Å². The van der Waals surface area contributed by atoms with E-state index in [0.717, 1.165) is 11.1 Å². The second kappa shape index (κ2) is 9.98. The molecule has 1 saturated heterocycles. The van der Waals surface area contributed by atoms with Gasteiger partial charge >= 0.3 is 0 Å². The van der Waals surface area contributed by atoms with Crippen molar-refractivity contribution in [1.29, 1.82) is 0 Å². The molecule has 4 nitrogen and oxygen atoms in total. The van der Waals surface area contributed by atoms with Crippen molar-refractivity contribution in [2.45, 2.75) is 31.6 Å². The molecular weight excluding hydrogens is 428 g/mol. The molecule has 5 rings (SSSR count). The summed E-state index contributed by atoms with van der Waals surface area (Å²) in [6, 6.07) is 41.7. The van der Waals surface area contributed by atoms with Crippen LogP contribution in [0.25, 0.3) is 0 Å². The summed E-state index contributed by atoms with van der Waals surface area (Å²) in [6.45, 7) is 4.38. The fraction of sp³-hybridized carbons (Fsp3) is 0.161. The standard InChI is InChI=1S/C31H30N4/c1-31(2)34(32-23-25-15-7-3-8-16-25)29(27-19-11-5-12-20-27)30(28-21-13-6-14-22-28)35(31)33-24-26-17-9-4-10-18-26/h3-24,29-30H,1-2H3. The molecule has 0 spiro atoms. The Morgan fingerprint density at radius 2 is 0.829 bits per heavy atom. The molecule has 2 atom stereocenters. The Morgan fingerprint density at radius 1 is 0.514 bits per heavy atom. The average Bonchev–Trinajstić information content (AvgIpc) is 3.14. The van der Waals surface area contributed by atoms with E-state index in [4.69, 9.17) is 10.2 Å². The molecule has 0 aromatic heterocycles. The van der Waals surface area contributed by atoms with Gasteiger partial charge in [-0.2, -0.15) is 10.2 Å². The fourth-order valence-electron chi connectivity index (χ4n) is 4.76. The van der Waals surface area contributed by atoms with Gasteiger partial charge in [-0.15, -0.1) is 0 Å². The molecule has 2 unspecified atom stereocenters. The Balaban J connectivity index is 1.64. The molecule has 0 bridgehead atoms. The van der Waals surface area contributed by atoms with Gasteiger partial charge in [-0.05, 0) is 36.1 Å². The summed E-state index contributed by atoms with van der Waals surface area (Å²) in [5.41, 5.74) is 4.06. The van der Waals surface area contributed by atoms with Crippen LogP contribution in [0, 0.1) is 0 Å². The third kappa shape index (κ3) is 4.73. The maximum atomic E-state index is 5.08. The van der Waals surface area contributed by atoms with E-state index in [-0.39, 0.29) is 12.1 Å². The summed E-state index contributed by atoms with van der Waals surface area (Å²) in [7, 11) is 0. The first-order chi connectivity index (χ1) is 17.1. The van der Waals surface area contributed by atoms with Crippen LogP contribution < -0.4 is 0 Å². The Kier molecular flexibility index (Phi) is 6.44. The van der Waals surface area contributed by atoms with Gasteiger partial charge < -0.3 is 0 Å². The van der Waals surface area contributed by atoms with Gasteiger partial charge in [0.05, 0.1) is 12.4 Å². The summed E-state index contributed by atoms with van der Waals surface area (Å²) >= 11 is 0. The molecule has 4 aromatic rings. The van der Waals surface area contributed by atoms with E-state index in [1.807, 2.05) is 48.8 Å². The number of rotatable bonds is 6. The van der Waals surface area contributed by atoms with Crippen molar-refractivity contribution in [3.63, 3.8) is 0 Å². The topological polar surface area (TPSA) is 31.2 Å². The number of nitrogens with zero attached hydrogens (tertiary/aromatic N) is 4. The van der Waals surface area contributed by atoms with Crippen LogP contribution >= 0.6 is 0 Å². The van der Waals surface area contributed by atoms with Crippen LogP contribution in [-0.4, -0.2) is 28.1 Å². The molecule has 0 N–H and O–H groups in total. The van der Waals surface area contributed by atoms with Gasteiger partial charge in [-0.3, -0.25) is 10.0 Å². The first-order valence-corrected chi connectivity index (χ1v) is 12.0. The van der Waals surface area contributed by atoms with Crippen LogP contribution in [0.3, 0.4) is 0 Å². The van der Waals surface area contributed by atoms with Crippen LogP contribution in [0.1, 0.15) is 48.2 Å². The highest BCUT2D eigenvalue weighted by molar-refractivity contribution is 5.80. The summed E-state index contributed by atoms with van der Waals surface area (Å²) in [6.07, 6.45) is 3.90. The molecule has 4 heteroatoms. The van der Waals surface area contributed by atoms with E-state index in [1.165, 1.54) is 11.1 Å². The van der Waals surface area contributed by atoms with Gasteiger partial charge in [-0.25, -0.2) is 0 Å². The molecule has 174 valence electrons. The van der Waals surface area contributed by atoms with Crippen LogP contribution in [0.2, 0.25) is 0 Å². The monoisotopic (exact) mass is 458 g/mol. The Morgan fingerprint density at radius 3 is 1.17 bits per heavy atom. The van der Waals surface area contributed by atoms with Gasteiger partial charge in [-0.1, -0.05) is 121 Å². The Labute approximate surface area is 207 Å². The fourth-order valence-corrected chi connectivity index (χ4v) is 4.76. The lowest BCUT2D eigenvalue weighted by molar-refractivity contribution is 0.0339. The molecular formula is C31H30N4. The molecule has 0 amide bonds. The van der Waals surface area contributed by atoms with Crippen LogP contribution in [0.4, 0.5) is 0 Å². The molecule has 1 fully saturated rings. The highest BCUT2D eigenvalue weighted by Crippen LogP contribution is 2.51. The lowest BCUT2D eigenvalue weighted by Gasteiger charge is -2.36. The minimum atomic E-state index is -0.489. The summed E-state index contributed by atoms with van der Waals surface area (Å²) < 4.78 is 0. The predicted octanol–water partition coefficient (Wildman–Crippen LogP) is 6.89. The number of benzene rings is 4. The lowest BCUT2D eigenvalue weighted by atomic mass is 9.94. The number of hydrogen-bond acceptors (Lipinski definition) is 4. The van der Waals surface area contributed by atoms with Crippen molar-refractivity contribution in [1.82, 2.24) is 10.0 Å². The summed E-state index contributed by atoms with van der Waals surface area (Å²) in [4.78, 5) is 0. The van der Waals surface area contributed by atoms with Crippen LogP contribution in [0.15, 0.2) is 132 Å². The first kappa shape index (κ1) is 22.6. The quantitative estimate of drug-likeness (QED) is 0.295. The number of hydrogen-bond donors (Lipinski definition) is 0. The van der Waals surface area contributed by atoms with Crippen molar-refractivity contribution in [2.75, 3.05) is 0 Å². The van der Waals surface area contributed by atoms with Crippen molar-refractivity contribution in [2.24, 2.45) is 10.2 Å². The number of hydrazone groups is 2. The van der Waals surface area contributed by atoms with E-state index < -0.39 is 5.66 Å². The molecule has 0 radical (unpaired) electrons. The zero-order valence-corrected chi connectivity index (χ0v) is 20.1. The SMILES string of the molecule is CC1(C)N(N=Cc2ccccc2)C(c2ccccc2)C(c2ccccc2)N1N=Cc1ccccc1. The molecule has 4 aromatic carbocycles. The van der Waals surface area contributed by atoms with Crippen molar-refractivity contribution < 1.29 is 0 Å². The highest BCUT2D eigenvalue weighted by atomic mass is 15.7. The largest absolute Gasteiger partial charge is 0.261 e. The lowest BCUT2D eigenvalue weighted by Crippen LogP contribution is -2.44. The van der Waals surface area contributed by atoms with E-state index in [2.05, 4.69) is 109 Å². The highest BCUT2D eigenvalue weighted by Gasteiger charge is 2.53. The summed E-state index contributed by atoms with van der Waals surface area (Å²) in [5.74, 6) is 0. The Bertz CT molecular complexity index is 1170. The van der Waals surface area contributed by atoms with Crippen molar-refractivity contribution >= 4 is 12.4 Å². The minimum absolute atomic E-state index is 0.0264. The van der Waals surface area contributed by atoms with Crippen LogP contribution in [-0.2, 0) is 0 Å². The molecule has 1 aliphatic heterocycles. The molecule has 35 heavy (non-hydrogen) atoms. The molecule has 1 aliphatic rings. The van der Waals surface area contributed by atoms with Gasteiger partial charge in [0.15, 0.2) is 0 Å². The maximum Gasteiger partial charge on any atom is 0.141 e. The van der Waals surface area contributed by atoms with E-state index in [0.29, 0.717) is 0 Å². The Hall–Kier alpha value is -4.18. The van der Waals surface area contributed by atoms with Gasteiger partial charge in [0, 0.05) is 0 Å². The first-order valence-electron chi connectivity index (χ1n) is 12.0. The van der Waals surface area contributed by atoms with Gasteiger partial charge in [0.1, 0.15) is 17.7 Å². The van der Waals surface area contributed by atoms with Crippen molar-refractivity contribution in [3.05, 3.63) is 144 Å². The smallest absolute Gasteiger partial charge is 0.141 e. The van der Waals surface area contributed by atoms with Gasteiger partial charge in [0.25, 0.3) is 0 Å². The van der Waals surface area contributed by atoms with E-state index in [9.17, 15) is 0 Å². The van der Waals surface area contributed by atoms with Gasteiger partial charge in [0.2, 0.25) is 0 Å². The predicted molar refractivity (Wildman–Crippen MR) is 144 cm³/mol. The molecule has 1 heterocycles. The molecule has 0 saturated carbocycles. The van der Waals surface area contributed by atoms with Crippen LogP contribution in [0.5, 0.6) is 0 Å². The zero-order chi connectivity index (χ0) is 24.1. The summed E-state index contributed by atoms with van der Waals surface area (Å²) in [5, 5.41) is 14.6. The minimum Gasteiger partial charge on any atom is -0.261 e. The average molecular weight is 459 g/mol. The maximum absolute atomic E-state index is 5.08. The molecule has 0 aliphatic carbocycles. The normalized spacial score (nSPS) is 19.6. The zero-order valence-electron chi connectivity index (χ0n) is 20.1. The second-order valence-electron chi connectivity index (χ2n) is 9.21.